The summed E-state index contributed by atoms with van der Waals surface area (Å²) in [6.07, 6.45) is 3.17. The van der Waals surface area contributed by atoms with E-state index in [1.807, 2.05) is 31.7 Å². The third-order valence-electron chi connectivity index (χ3n) is 3.75. The Bertz CT molecular complexity index is 473. The van der Waals surface area contributed by atoms with Gasteiger partial charge in [0.2, 0.25) is 0 Å². The normalized spacial score (nSPS) is 21.3. The molecule has 19 heavy (non-hydrogen) atoms. The Morgan fingerprint density at radius 1 is 1.42 bits per heavy atom. The average Bonchev–Trinajstić information content (AvgIpc) is 2.40. The molecule has 0 spiro atoms. The maximum atomic E-state index is 12.7. The number of piperidine rings is 1. The fourth-order valence-electron chi connectivity index (χ4n) is 2.68. The second-order valence-corrected chi connectivity index (χ2v) is 5.41. The topological polar surface area (TPSA) is 72.1 Å². The molecule has 2 atom stereocenters. The van der Waals surface area contributed by atoms with Gasteiger partial charge in [-0.05, 0) is 46.1 Å². The molecule has 5 nitrogen and oxygen atoms in total. The number of rotatable bonds is 2. The first-order chi connectivity index (χ1) is 9.00. The van der Waals surface area contributed by atoms with Crippen LogP contribution in [0.5, 0.6) is 0 Å². The van der Waals surface area contributed by atoms with Gasteiger partial charge in [-0.3, -0.25) is 4.79 Å². The summed E-state index contributed by atoms with van der Waals surface area (Å²) in [5, 5.41) is 8.01. The van der Waals surface area contributed by atoms with E-state index in [2.05, 4.69) is 10.2 Å². The number of aryl methyl sites for hydroxylation is 2. The molecule has 1 aromatic heterocycles. The molecule has 104 valence electrons. The maximum Gasteiger partial charge on any atom is 0.256 e. The zero-order chi connectivity index (χ0) is 14.0. The van der Waals surface area contributed by atoms with Gasteiger partial charge in [0.05, 0.1) is 17.0 Å². The van der Waals surface area contributed by atoms with Crippen molar-refractivity contribution in [1.29, 1.82) is 0 Å². The van der Waals surface area contributed by atoms with Crippen molar-refractivity contribution in [2.45, 2.75) is 52.1 Å². The van der Waals surface area contributed by atoms with Crippen LogP contribution in [0.15, 0.2) is 6.07 Å². The SMILES string of the molecule is Cc1cc(C(=O)N2CCCCC2C(C)N)c(C)nn1. The highest BCUT2D eigenvalue weighted by molar-refractivity contribution is 5.95. The summed E-state index contributed by atoms with van der Waals surface area (Å²) in [5.41, 5.74) is 8.12. The summed E-state index contributed by atoms with van der Waals surface area (Å²) < 4.78 is 0. The van der Waals surface area contributed by atoms with Crippen molar-refractivity contribution in [2.24, 2.45) is 5.73 Å². The first-order valence-corrected chi connectivity index (χ1v) is 6.88. The fourth-order valence-corrected chi connectivity index (χ4v) is 2.68. The van der Waals surface area contributed by atoms with Crippen molar-refractivity contribution in [2.75, 3.05) is 6.54 Å². The number of nitrogens with zero attached hydrogens (tertiary/aromatic N) is 3. The number of amides is 1. The minimum absolute atomic E-state index is 0.000416. The molecule has 0 bridgehead atoms. The molecule has 1 aliphatic heterocycles. The van der Waals surface area contributed by atoms with Crippen LogP contribution in [0.3, 0.4) is 0 Å². The fraction of sp³-hybridized carbons (Fsp3) is 0.643. The van der Waals surface area contributed by atoms with Crippen molar-refractivity contribution in [1.82, 2.24) is 15.1 Å². The monoisotopic (exact) mass is 262 g/mol. The van der Waals surface area contributed by atoms with Crippen LogP contribution in [-0.4, -0.2) is 39.6 Å². The molecule has 1 saturated heterocycles. The minimum Gasteiger partial charge on any atom is -0.334 e. The molecule has 0 aromatic carbocycles. The Morgan fingerprint density at radius 2 is 2.16 bits per heavy atom. The number of hydrogen-bond acceptors (Lipinski definition) is 4. The molecule has 1 aromatic rings. The molecule has 2 N–H and O–H groups in total. The number of nitrogens with two attached hydrogens (primary N) is 1. The number of likely N-dealkylation sites (tertiary alicyclic amines) is 1. The molecular weight excluding hydrogens is 240 g/mol. The van der Waals surface area contributed by atoms with Crippen molar-refractivity contribution in [3.8, 4) is 0 Å². The molecule has 0 radical (unpaired) electrons. The minimum atomic E-state index is 0.000416. The van der Waals surface area contributed by atoms with E-state index in [9.17, 15) is 4.79 Å². The van der Waals surface area contributed by atoms with E-state index in [4.69, 9.17) is 5.73 Å². The van der Waals surface area contributed by atoms with Gasteiger partial charge >= 0.3 is 0 Å². The first-order valence-electron chi connectivity index (χ1n) is 6.88. The second-order valence-electron chi connectivity index (χ2n) is 5.41. The average molecular weight is 262 g/mol. The Kier molecular flexibility index (Phi) is 4.14. The summed E-state index contributed by atoms with van der Waals surface area (Å²) in [7, 11) is 0. The van der Waals surface area contributed by atoms with Gasteiger partial charge in [0, 0.05) is 18.6 Å². The Morgan fingerprint density at radius 3 is 2.84 bits per heavy atom. The van der Waals surface area contributed by atoms with Crippen LogP contribution in [0.25, 0.3) is 0 Å². The Balaban J connectivity index is 2.28. The largest absolute Gasteiger partial charge is 0.334 e. The number of aromatic nitrogens is 2. The predicted molar refractivity (Wildman–Crippen MR) is 73.8 cm³/mol. The van der Waals surface area contributed by atoms with E-state index >= 15 is 0 Å². The summed E-state index contributed by atoms with van der Waals surface area (Å²) in [6, 6.07) is 1.95. The third-order valence-corrected chi connectivity index (χ3v) is 3.75. The molecule has 2 rings (SSSR count). The maximum absolute atomic E-state index is 12.7. The van der Waals surface area contributed by atoms with Gasteiger partial charge < -0.3 is 10.6 Å². The summed E-state index contributed by atoms with van der Waals surface area (Å²) in [6.45, 7) is 6.43. The molecule has 2 unspecified atom stereocenters. The summed E-state index contributed by atoms with van der Waals surface area (Å²) in [4.78, 5) is 14.6. The lowest BCUT2D eigenvalue weighted by atomic mass is 9.96. The van der Waals surface area contributed by atoms with Crippen LogP contribution in [0.2, 0.25) is 0 Å². The summed E-state index contributed by atoms with van der Waals surface area (Å²) in [5.74, 6) is 0.0394. The highest BCUT2D eigenvalue weighted by Gasteiger charge is 2.30. The Hall–Kier alpha value is -1.49. The van der Waals surface area contributed by atoms with Gasteiger partial charge in [-0.15, -0.1) is 0 Å². The highest BCUT2D eigenvalue weighted by atomic mass is 16.2. The first kappa shape index (κ1) is 13.9. The molecule has 1 fully saturated rings. The third kappa shape index (κ3) is 2.92. The van der Waals surface area contributed by atoms with Gasteiger partial charge in [-0.25, -0.2) is 0 Å². The lowest BCUT2D eigenvalue weighted by molar-refractivity contribution is 0.0582. The van der Waals surface area contributed by atoms with E-state index in [0.717, 1.165) is 31.5 Å². The van der Waals surface area contributed by atoms with Crippen molar-refractivity contribution in [3.05, 3.63) is 23.0 Å². The quantitative estimate of drug-likeness (QED) is 0.875. The highest BCUT2D eigenvalue weighted by Crippen LogP contribution is 2.22. The van der Waals surface area contributed by atoms with Gasteiger partial charge in [-0.2, -0.15) is 10.2 Å². The summed E-state index contributed by atoms with van der Waals surface area (Å²) >= 11 is 0. The smallest absolute Gasteiger partial charge is 0.256 e. The number of hydrogen-bond donors (Lipinski definition) is 1. The van der Waals surface area contributed by atoms with Crippen LogP contribution in [0.1, 0.15) is 47.9 Å². The standard InChI is InChI=1S/C14H22N4O/c1-9-8-12(11(3)17-16-9)14(19)18-7-5-4-6-13(18)10(2)15/h8,10,13H,4-7,15H2,1-3H3. The van der Waals surface area contributed by atoms with E-state index in [-0.39, 0.29) is 18.0 Å². The van der Waals surface area contributed by atoms with E-state index in [1.165, 1.54) is 0 Å². The lowest BCUT2D eigenvalue weighted by Crippen LogP contribution is -2.51. The van der Waals surface area contributed by atoms with Gasteiger partial charge in [0.25, 0.3) is 5.91 Å². The van der Waals surface area contributed by atoms with E-state index < -0.39 is 0 Å². The number of carbonyl (C=O) groups is 1. The van der Waals surface area contributed by atoms with E-state index in [1.54, 1.807) is 0 Å². The lowest BCUT2D eigenvalue weighted by Gasteiger charge is -2.38. The Labute approximate surface area is 114 Å². The van der Waals surface area contributed by atoms with Gasteiger partial charge in [0.15, 0.2) is 0 Å². The molecule has 0 saturated carbocycles. The molecular formula is C14H22N4O. The van der Waals surface area contributed by atoms with Crippen molar-refractivity contribution >= 4 is 5.91 Å². The van der Waals surface area contributed by atoms with Gasteiger partial charge in [-0.1, -0.05) is 0 Å². The molecule has 1 aliphatic rings. The predicted octanol–water partition coefficient (Wildman–Crippen LogP) is 1.44. The van der Waals surface area contributed by atoms with Crippen LogP contribution < -0.4 is 5.73 Å². The van der Waals surface area contributed by atoms with E-state index in [0.29, 0.717) is 11.3 Å². The zero-order valence-corrected chi connectivity index (χ0v) is 11.9. The van der Waals surface area contributed by atoms with Crippen LogP contribution in [-0.2, 0) is 0 Å². The second kappa shape index (κ2) is 5.65. The number of carbonyl (C=O) groups excluding carboxylic acids is 1. The van der Waals surface area contributed by atoms with Crippen LogP contribution in [0.4, 0.5) is 0 Å². The van der Waals surface area contributed by atoms with Crippen molar-refractivity contribution in [3.63, 3.8) is 0 Å². The van der Waals surface area contributed by atoms with Crippen LogP contribution >= 0.6 is 0 Å². The van der Waals surface area contributed by atoms with Crippen LogP contribution in [0, 0.1) is 13.8 Å². The molecule has 1 amide bonds. The molecule has 0 aliphatic carbocycles. The molecule has 2 heterocycles. The molecule has 5 heteroatoms. The zero-order valence-electron chi connectivity index (χ0n) is 11.9. The van der Waals surface area contributed by atoms with Gasteiger partial charge in [0.1, 0.15) is 0 Å². The van der Waals surface area contributed by atoms with Crippen molar-refractivity contribution < 1.29 is 4.79 Å².